The number of carboxylic acids is 1. The molecule has 1 atom stereocenters. The van der Waals surface area contributed by atoms with Crippen molar-refractivity contribution < 1.29 is 9.90 Å². The molecule has 0 aromatic carbocycles. The van der Waals surface area contributed by atoms with Crippen LogP contribution in [-0.2, 0) is 4.79 Å². The normalized spacial score (nSPS) is 11.8. The Morgan fingerprint density at radius 1 is 1.70 bits per heavy atom. The number of nitrogens with one attached hydrogen (secondary N) is 1. The molecule has 0 fully saturated rings. The third-order valence-electron chi connectivity index (χ3n) is 1.21. The van der Waals surface area contributed by atoms with Crippen LogP contribution in [0, 0.1) is 0 Å². The van der Waals surface area contributed by atoms with Gasteiger partial charge in [0, 0.05) is 6.04 Å². The Bertz CT molecular complexity index is 97.7. The minimum atomic E-state index is -0.796. The van der Waals surface area contributed by atoms with E-state index in [1.807, 2.05) is 13.8 Å². The summed E-state index contributed by atoms with van der Waals surface area (Å²) in [5.74, 6) is -0.796. The Hall–Kier alpha value is 1.07. The van der Waals surface area contributed by atoms with E-state index in [0.717, 1.165) is 6.42 Å². The summed E-state index contributed by atoms with van der Waals surface area (Å²) in [6, 6.07) is 0.307. The summed E-state index contributed by atoms with van der Waals surface area (Å²) in [5.41, 5.74) is 0. The van der Waals surface area contributed by atoms with Crippen LogP contribution < -0.4 is 5.32 Å². The Kier molecular flexibility index (Phi) is 11.1. The molecule has 4 heteroatoms. The van der Waals surface area contributed by atoms with Gasteiger partial charge in [-0.3, -0.25) is 4.79 Å². The van der Waals surface area contributed by atoms with Gasteiger partial charge in [0.25, 0.3) is 0 Å². The molecule has 0 spiro atoms. The summed E-state index contributed by atoms with van der Waals surface area (Å²) in [7, 11) is 0. The predicted molar refractivity (Wildman–Crippen MR) is 42.5 cm³/mol. The third kappa shape index (κ3) is 9.07. The van der Waals surface area contributed by atoms with Crippen molar-refractivity contribution in [1.29, 1.82) is 0 Å². The van der Waals surface area contributed by atoms with Gasteiger partial charge in [-0.1, -0.05) is 6.92 Å². The third-order valence-corrected chi connectivity index (χ3v) is 1.21. The monoisotopic (exact) mass is 171 g/mol. The van der Waals surface area contributed by atoms with E-state index >= 15 is 0 Å². The number of hydrogen-bond donors (Lipinski definition) is 2. The zero-order valence-corrected chi connectivity index (χ0v) is 5.85. The minimum absolute atomic E-state index is 0. The van der Waals surface area contributed by atoms with Crippen molar-refractivity contribution in [3.63, 3.8) is 0 Å². The van der Waals surface area contributed by atoms with Gasteiger partial charge in [-0.25, -0.2) is 0 Å². The van der Waals surface area contributed by atoms with Crippen LogP contribution in [0.25, 0.3) is 0 Å². The van der Waals surface area contributed by atoms with E-state index in [1.165, 1.54) is 0 Å². The average molecular weight is 171 g/mol. The van der Waals surface area contributed by atoms with Crippen molar-refractivity contribution in [2.24, 2.45) is 0 Å². The molecule has 1 unspecified atom stereocenters. The molecule has 0 amide bonds. The second-order valence-corrected chi connectivity index (χ2v) is 2.08. The second kappa shape index (κ2) is 8.17. The fourth-order valence-electron chi connectivity index (χ4n) is 0.406. The van der Waals surface area contributed by atoms with E-state index in [2.05, 4.69) is 5.32 Å². The van der Waals surface area contributed by atoms with Crippen molar-refractivity contribution >= 4 is 57.4 Å². The molecule has 3 nitrogen and oxygen atoms in total. The molecule has 0 saturated carbocycles. The van der Waals surface area contributed by atoms with E-state index in [9.17, 15) is 4.79 Å². The van der Waals surface area contributed by atoms with E-state index in [4.69, 9.17) is 5.11 Å². The molecule has 0 aliphatic rings. The van der Waals surface area contributed by atoms with Crippen LogP contribution in [0.2, 0.25) is 0 Å². The second-order valence-electron chi connectivity index (χ2n) is 2.08. The molecule has 0 radical (unpaired) electrons. The summed E-state index contributed by atoms with van der Waals surface area (Å²) in [6.45, 7) is 4.04. The fourth-order valence-corrected chi connectivity index (χ4v) is 0.406. The summed E-state index contributed by atoms with van der Waals surface area (Å²) < 4.78 is 0. The first-order valence-electron chi connectivity index (χ1n) is 3.12. The van der Waals surface area contributed by atoms with Crippen molar-refractivity contribution in [2.45, 2.75) is 26.3 Å². The van der Waals surface area contributed by atoms with Crippen molar-refractivity contribution in [1.82, 2.24) is 5.32 Å². The van der Waals surface area contributed by atoms with Gasteiger partial charge in [-0.05, 0) is 13.3 Å². The Labute approximate surface area is 104 Å². The molecule has 0 aromatic rings. The number of carboxylic acid groups (broad SMARTS) is 1. The van der Waals surface area contributed by atoms with Crippen LogP contribution in [-0.4, -0.2) is 75.0 Å². The zero-order valence-electron chi connectivity index (χ0n) is 5.85. The SMILES string of the molecule is CCC(C)NCC(=O)O.[KH]. The maximum absolute atomic E-state index is 9.96. The standard InChI is InChI=1S/C6H13NO2.K.H/c1-3-5(2)7-4-6(8)9;;/h5,7H,3-4H2,1-2H3,(H,8,9);;. The molecule has 0 aromatic heterocycles. The van der Waals surface area contributed by atoms with E-state index < -0.39 is 5.97 Å². The zero-order chi connectivity index (χ0) is 7.28. The van der Waals surface area contributed by atoms with Crippen LogP contribution in [0.3, 0.4) is 0 Å². The first kappa shape index (κ1) is 13.6. The summed E-state index contributed by atoms with van der Waals surface area (Å²) in [5, 5.41) is 11.0. The quantitative estimate of drug-likeness (QED) is 0.576. The summed E-state index contributed by atoms with van der Waals surface area (Å²) >= 11 is 0. The predicted octanol–water partition coefficient (Wildman–Crippen LogP) is -0.189. The Balaban J connectivity index is 0. The summed E-state index contributed by atoms with van der Waals surface area (Å²) in [4.78, 5) is 9.96. The molecule has 0 aliphatic carbocycles. The number of hydrogen-bond acceptors (Lipinski definition) is 2. The molecule has 56 valence electrons. The number of rotatable bonds is 4. The van der Waals surface area contributed by atoms with Gasteiger partial charge in [0.15, 0.2) is 0 Å². The van der Waals surface area contributed by atoms with Crippen LogP contribution in [0.15, 0.2) is 0 Å². The molecule has 0 rings (SSSR count). The van der Waals surface area contributed by atoms with Crippen LogP contribution in [0.1, 0.15) is 20.3 Å². The average Bonchev–Trinajstić information content (AvgIpc) is 1.83. The Morgan fingerprint density at radius 3 is 2.50 bits per heavy atom. The molecular weight excluding hydrogens is 157 g/mol. The van der Waals surface area contributed by atoms with E-state index in [-0.39, 0.29) is 57.9 Å². The van der Waals surface area contributed by atoms with Gasteiger partial charge in [-0.15, -0.1) is 0 Å². The molecule has 0 heterocycles. The van der Waals surface area contributed by atoms with Gasteiger partial charge >= 0.3 is 57.4 Å². The van der Waals surface area contributed by atoms with Crippen molar-refractivity contribution in [2.75, 3.05) is 6.54 Å². The van der Waals surface area contributed by atoms with Gasteiger partial charge in [-0.2, -0.15) is 0 Å². The molecule has 2 N–H and O–H groups in total. The van der Waals surface area contributed by atoms with E-state index in [0.29, 0.717) is 6.04 Å². The molecule has 0 bridgehead atoms. The first-order chi connectivity index (χ1) is 4.16. The van der Waals surface area contributed by atoms with Crippen LogP contribution >= 0.6 is 0 Å². The molecule has 0 saturated heterocycles. The van der Waals surface area contributed by atoms with Crippen LogP contribution in [0.5, 0.6) is 0 Å². The summed E-state index contributed by atoms with van der Waals surface area (Å²) in [6.07, 6.45) is 0.966. The van der Waals surface area contributed by atoms with Crippen molar-refractivity contribution in [3.8, 4) is 0 Å². The van der Waals surface area contributed by atoms with Crippen LogP contribution in [0.4, 0.5) is 0 Å². The van der Waals surface area contributed by atoms with E-state index in [1.54, 1.807) is 0 Å². The van der Waals surface area contributed by atoms with Gasteiger partial charge < -0.3 is 10.4 Å². The number of aliphatic carboxylic acids is 1. The maximum atomic E-state index is 9.96. The molecule has 10 heavy (non-hydrogen) atoms. The Morgan fingerprint density at radius 2 is 2.20 bits per heavy atom. The van der Waals surface area contributed by atoms with Crippen molar-refractivity contribution in [3.05, 3.63) is 0 Å². The fraction of sp³-hybridized carbons (Fsp3) is 0.833. The number of carbonyl (C=O) groups is 1. The van der Waals surface area contributed by atoms with Gasteiger partial charge in [0.1, 0.15) is 0 Å². The topological polar surface area (TPSA) is 49.3 Å². The van der Waals surface area contributed by atoms with Gasteiger partial charge in [0.2, 0.25) is 0 Å². The van der Waals surface area contributed by atoms with Gasteiger partial charge in [0.05, 0.1) is 6.54 Å². The molecule has 0 aliphatic heterocycles. The molecular formula is C6H14KNO2. The first-order valence-corrected chi connectivity index (χ1v) is 3.12.